The molecule has 2 amide bonds. The Hall–Kier alpha value is -3.11. The summed E-state index contributed by atoms with van der Waals surface area (Å²) in [5, 5.41) is 3.64. The van der Waals surface area contributed by atoms with E-state index in [0.717, 1.165) is 16.7 Å². The van der Waals surface area contributed by atoms with Crippen molar-refractivity contribution in [1.29, 1.82) is 0 Å². The van der Waals surface area contributed by atoms with Gasteiger partial charge in [0.05, 0.1) is 0 Å². The average Bonchev–Trinajstić information content (AvgIpc) is 2.81. The van der Waals surface area contributed by atoms with E-state index in [-0.39, 0.29) is 24.2 Å². The van der Waals surface area contributed by atoms with E-state index >= 15 is 0 Å². The van der Waals surface area contributed by atoms with Crippen LogP contribution in [0.5, 0.6) is 0 Å². The molecule has 3 rings (SSSR count). The lowest BCUT2D eigenvalue weighted by Crippen LogP contribution is -2.52. The summed E-state index contributed by atoms with van der Waals surface area (Å²) in [6.07, 6.45) is 0.259. The van der Waals surface area contributed by atoms with Gasteiger partial charge in [-0.15, -0.1) is 0 Å². The van der Waals surface area contributed by atoms with Crippen LogP contribution in [-0.4, -0.2) is 28.3 Å². The van der Waals surface area contributed by atoms with Crippen LogP contribution >= 0.6 is 11.6 Å². The summed E-state index contributed by atoms with van der Waals surface area (Å²) in [5.74, 6) is -0.365. The van der Waals surface area contributed by atoms with Gasteiger partial charge in [0.25, 0.3) is 0 Å². The fourth-order valence-electron chi connectivity index (χ4n) is 3.93. The molecule has 0 fully saturated rings. The number of carbonyl (C=O) groups is 2. The molecular weight excluding hydrogens is 444 g/mol. The molecule has 0 saturated heterocycles. The first-order chi connectivity index (χ1) is 16.1. The lowest BCUT2D eigenvalue weighted by Gasteiger charge is -2.32. The van der Waals surface area contributed by atoms with Crippen molar-refractivity contribution in [3.8, 4) is 0 Å². The van der Waals surface area contributed by atoms with Crippen LogP contribution in [0.4, 0.5) is 0 Å². The molecule has 0 spiro atoms. The minimum Gasteiger partial charge on any atom is -0.350 e. The van der Waals surface area contributed by atoms with Crippen molar-refractivity contribution in [3.63, 3.8) is 0 Å². The normalized spacial score (nSPS) is 12.3. The molecule has 0 aliphatic heterocycles. The number of amides is 2. The summed E-state index contributed by atoms with van der Waals surface area (Å²) in [6.45, 7) is 7.91. The van der Waals surface area contributed by atoms with E-state index in [1.807, 2.05) is 93.6 Å². The lowest BCUT2D eigenvalue weighted by atomic mass is 9.88. The number of nitrogens with one attached hydrogen (secondary N) is 1. The third-order valence-electron chi connectivity index (χ3n) is 5.71. The zero-order valence-electron chi connectivity index (χ0n) is 20.3. The Balaban J connectivity index is 1.92. The smallest absolute Gasteiger partial charge is 0.242 e. The van der Waals surface area contributed by atoms with Crippen LogP contribution in [0, 0.1) is 0 Å². The molecule has 1 atom stereocenters. The van der Waals surface area contributed by atoms with Crippen LogP contribution in [-0.2, 0) is 16.1 Å². The second kappa shape index (κ2) is 11.3. The highest BCUT2D eigenvalue weighted by Crippen LogP contribution is 2.29. The Bertz CT molecular complexity index is 1040. The summed E-state index contributed by atoms with van der Waals surface area (Å²) in [7, 11) is 0. The highest BCUT2D eigenvalue weighted by atomic mass is 35.5. The average molecular weight is 477 g/mol. The predicted octanol–water partition coefficient (Wildman–Crippen LogP) is 6.19. The third-order valence-corrected chi connectivity index (χ3v) is 5.97. The molecule has 1 N–H and O–H groups in total. The highest BCUT2D eigenvalue weighted by molar-refractivity contribution is 6.30. The zero-order chi connectivity index (χ0) is 24.7. The summed E-state index contributed by atoms with van der Waals surface area (Å²) >= 11 is 6.06. The quantitative estimate of drug-likeness (QED) is 0.421. The fraction of sp³-hybridized carbons (Fsp3) is 0.310. The number of benzene rings is 3. The SMILES string of the molecule is C[C@H](C(=O)NC(C)(C)C)N(Cc1ccc(Cl)cc1)C(=O)CC(c1ccccc1)c1ccccc1. The van der Waals surface area contributed by atoms with Crippen LogP contribution in [0.25, 0.3) is 0 Å². The monoisotopic (exact) mass is 476 g/mol. The molecule has 3 aromatic rings. The number of halogens is 1. The molecule has 0 unspecified atom stereocenters. The molecule has 178 valence electrons. The predicted molar refractivity (Wildman–Crippen MR) is 139 cm³/mol. The Morgan fingerprint density at radius 3 is 1.82 bits per heavy atom. The largest absolute Gasteiger partial charge is 0.350 e. The molecule has 34 heavy (non-hydrogen) atoms. The fourth-order valence-corrected chi connectivity index (χ4v) is 4.06. The number of hydrogen-bond donors (Lipinski definition) is 1. The van der Waals surface area contributed by atoms with Gasteiger partial charge in [0, 0.05) is 29.4 Å². The molecule has 0 aliphatic rings. The highest BCUT2D eigenvalue weighted by Gasteiger charge is 2.30. The van der Waals surface area contributed by atoms with E-state index in [4.69, 9.17) is 11.6 Å². The van der Waals surface area contributed by atoms with Crippen LogP contribution in [0.15, 0.2) is 84.9 Å². The van der Waals surface area contributed by atoms with E-state index in [1.165, 1.54) is 0 Å². The topological polar surface area (TPSA) is 49.4 Å². The van der Waals surface area contributed by atoms with Crippen molar-refractivity contribution in [2.45, 2.75) is 58.2 Å². The van der Waals surface area contributed by atoms with Gasteiger partial charge in [-0.25, -0.2) is 0 Å². The first-order valence-electron chi connectivity index (χ1n) is 11.6. The van der Waals surface area contributed by atoms with Crippen LogP contribution in [0.2, 0.25) is 5.02 Å². The summed E-state index contributed by atoms with van der Waals surface area (Å²) in [5.41, 5.74) is 2.67. The minimum atomic E-state index is -0.630. The number of hydrogen-bond acceptors (Lipinski definition) is 2. The van der Waals surface area contributed by atoms with Crippen molar-refractivity contribution in [1.82, 2.24) is 10.2 Å². The maximum Gasteiger partial charge on any atom is 0.242 e. The van der Waals surface area contributed by atoms with Gasteiger partial charge < -0.3 is 10.2 Å². The van der Waals surface area contributed by atoms with Crippen molar-refractivity contribution in [3.05, 3.63) is 107 Å². The first-order valence-corrected chi connectivity index (χ1v) is 12.0. The van der Waals surface area contributed by atoms with E-state index in [0.29, 0.717) is 11.6 Å². The Labute approximate surface area is 207 Å². The van der Waals surface area contributed by atoms with Crippen molar-refractivity contribution in [2.75, 3.05) is 0 Å². The summed E-state index contributed by atoms with van der Waals surface area (Å²) in [4.78, 5) is 28.5. The van der Waals surface area contributed by atoms with Crippen LogP contribution < -0.4 is 5.32 Å². The second-order valence-corrected chi connectivity index (χ2v) is 10.1. The van der Waals surface area contributed by atoms with Gasteiger partial charge in [-0.3, -0.25) is 9.59 Å². The van der Waals surface area contributed by atoms with Gasteiger partial charge in [-0.1, -0.05) is 84.4 Å². The van der Waals surface area contributed by atoms with Crippen LogP contribution in [0.3, 0.4) is 0 Å². The van der Waals surface area contributed by atoms with Crippen molar-refractivity contribution < 1.29 is 9.59 Å². The molecule has 5 heteroatoms. The zero-order valence-corrected chi connectivity index (χ0v) is 21.0. The number of nitrogens with zero attached hydrogens (tertiary/aromatic N) is 1. The van der Waals surface area contributed by atoms with Gasteiger partial charge in [0.15, 0.2) is 0 Å². The summed E-state index contributed by atoms with van der Waals surface area (Å²) in [6, 6.07) is 26.8. The molecule has 0 aromatic heterocycles. The molecule has 0 aliphatic carbocycles. The molecule has 0 bridgehead atoms. The van der Waals surface area contributed by atoms with E-state index in [9.17, 15) is 9.59 Å². The van der Waals surface area contributed by atoms with Gasteiger partial charge in [0.2, 0.25) is 11.8 Å². The Kier molecular flexibility index (Phi) is 8.51. The Morgan fingerprint density at radius 1 is 0.853 bits per heavy atom. The number of carbonyl (C=O) groups excluding carboxylic acids is 2. The maximum absolute atomic E-state index is 13.8. The van der Waals surface area contributed by atoms with Gasteiger partial charge in [-0.2, -0.15) is 0 Å². The van der Waals surface area contributed by atoms with Gasteiger partial charge in [0.1, 0.15) is 6.04 Å². The minimum absolute atomic E-state index is 0.0794. The molecule has 0 heterocycles. The van der Waals surface area contributed by atoms with E-state index in [2.05, 4.69) is 5.32 Å². The standard InChI is InChI=1S/C29H33ClN2O2/c1-21(28(34)31-29(2,3)4)32(20-22-15-17-25(30)18-16-22)27(33)19-26(23-11-7-5-8-12-23)24-13-9-6-10-14-24/h5-18,21,26H,19-20H2,1-4H3,(H,31,34)/t21-/m1/s1. The van der Waals surface area contributed by atoms with Gasteiger partial charge >= 0.3 is 0 Å². The van der Waals surface area contributed by atoms with E-state index in [1.54, 1.807) is 24.0 Å². The Morgan fingerprint density at radius 2 is 1.35 bits per heavy atom. The maximum atomic E-state index is 13.8. The summed E-state index contributed by atoms with van der Waals surface area (Å²) < 4.78 is 0. The van der Waals surface area contributed by atoms with Crippen molar-refractivity contribution >= 4 is 23.4 Å². The van der Waals surface area contributed by atoms with Crippen LogP contribution in [0.1, 0.15) is 56.7 Å². The van der Waals surface area contributed by atoms with E-state index < -0.39 is 11.6 Å². The molecule has 3 aromatic carbocycles. The molecule has 0 saturated carbocycles. The third kappa shape index (κ3) is 7.19. The van der Waals surface area contributed by atoms with Crippen molar-refractivity contribution in [2.24, 2.45) is 0 Å². The van der Waals surface area contributed by atoms with Gasteiger partial charge in [-0.05, 0) is 56.5 Å². The molecule has 0 radical (unpaired) electrons. The number of rotatable bonds is 8. The first kappa shape index (κ1) is 25.5. The second-order valence-electron chi connectivity index (χ2n) is 9.64. The molecular formula is C29H33ClN2O2. The molecule has 4 nitrogen and oxygen atoms in total. The lowest BCUT2D eigenvalue weighted by molar-refractivity contribution is -0.141.